The maximum Gasteiger partial charge on any atom is 0.309 e. The second kappa shape index (κ2) is 14.9. The summed E-state index contributed by atoms with van der Waals surface area (Å²) in [6.07, 6.45) is 0.220. The molecule has 12 heteroatoms. The maximum absolute atomic E-state index is 11.7. The predicted octanol–water partition coefficient (Wildman–Crippen LogP) is 7.78. The summed E-state index contributed by atoms with van der Waals surface area (Å²) in [7, 11) is 3.00. The van der Waals surface area contributed by atoms with Crippen molar-refractivity contribution in [3.05, 3.63) is 82.9 Å². The molecule has 3 aromatic carbocycles. The van der Waals surface area contributed by atoms with Crippen molar-refractivity contribution in [1.29, 1.82) is 0 Å². The number of anilines is 1. The van der Waals surface area contributed by atoms with Crippen molar-refractivity contribution in [2.45, 2.75) is 20.3 Å². The van der Waals surface area contributed by atoms with Gasteiger partial charge in [0.15, 0.2) is 0 Å². The zero-order chi connectivity index (χ0) is 29.8. The molecule has 0 spiro atoms. The number of esters is 1. The van der Waals surface area contributed by atoms with Crippen molar-refractivity contribution in [3.8, 4) is 11.5 Å². The third kappa shape index (κ3) is 8.95. The number of likely N-dealkylation sites (N-methyl/N-ethyl adjacent to an activating group) is 1. The van der Waals surface area contributed by atoms with Crippen LogP contribution in [0.4, 0.5) is 34.1 Å². The van der Waals surface area contributed by atoms with Crippen LogP contribution in [-0.2, 0) is 9.53 Å². The van der Waals surface area contributed by atoms with Crippen LogP contribution < -0.4 is 14.4 Å². The van der Waals surface area contributed by atoms with E-state index in [1.54, 1.807) is 19.1 Å². The van der Waals surface area contributed by atoms with E-state index in [4.69, 9.17) is 14.2 Å². The number of rotatable bonds is 14. The van der Waals surface area contributed by atoms with Gasteiger partial charge in [-0.2, -0.15) is 10.2 Å². The number of nitro groups is 1. The van der Waals surface area contributed by atoms with E-state index in [0.29, 0.717) is 40.8 Å². The Hall–Kier alpha value is -5.13. The molecule has 0 aliphatic rings. The Morgan fingerprint density at radius 3 is 1.85 bits per heavy atom. The molecule has 0 saturated heterocycles. The average Bonchev–Trinajstić information content (AvgIpc) is 2.97. The largest absolute Gasteiger partial charge is 0.494 e. The molecule has 0 saturated carbocycles. The van der Waals surface area contributed by atoms with E-state index in [-0.39, 0.29) is 24.7 Å². The highest BCUT2D eigenvalue weighted by Crippen LogP contribution is 2.41. The van der Waals surface area contributed by atoms with E-state index in [0.717, 1.165) is 17.8 Å². The number of methoxy groups -OCH3 is 2. The normalized spacial score (nSPS) is 11.0. The molecule has 0 atom stereocenters. The average molecular weight is 561 g/mol. The molecule has 0 heterocycles. The Balaban J connectivity index is 1.71. The first-order valence-electron chi connectivity index (χ1n) is 12.7. The number of azo groups is 2. The standard InChI is InChI=1S/C29H32N6O6/c1-6-34(15-16-41-29(36)17-20(2)3)23-11-7-21(8-12-23)30-32-25-18-28(40-5)26(19-27(25)39-4)33-31-22-9-13-24(14-10-22)35(37)38/h7-14,18-19H,2,6,15-17H2,1,3-5H3. The maximum atomic E-state index is 11.7. The fourth-order valence-corrected chi connectivity index (χ4v) is 3.65. The Bertz CT molecular complexity index is 1420. The van der Waals surface area contributed by atoms with Gasteiger partial charge in [-0.05, 0) is 50.2 Å². The second-order valence-corrected chi connectivity index (χ2v) is 8.82. The van der Waals surface area contributed by atoms with Crippen molar-refractivity contribution < 1.29 is 23.9 Å². The van der Waals surface area contributed by atoms with Crippen LogP contribution in [0.5, 0.6) is 11.5 Å². The number of hydrogen-bond donors (Lipinski definition) is 0. The fourth-order valence-electron chi connectivity index (χ4n) is 3.65. The van der Waals surface area contributed by atoms with Gasteiger partial charge in [-0.3, -0.25) is 14.9 Å². The summed E-state index contributed by atoms with van der Waals surface area (Å²) in [4.78, 5) is 24.2. The number of nitrogens with zero attached hydrogens (tertiary/aromatic N) is 6. The lowest BCUT2D eigenvalue weighted by Gasteiger charge is -2.23. The van der Waals surface area contributed by atoms with Crippen LogP contribution in [0.3, 0.4) is 0 Å². The van der Waals surface area contributed by atoms with Crippen LogP contribution in [0.2, 0.25) is 0 Å². The minimum Gasteiger partial charge on any atom is -0.494 e. The molecule has 0 aliphatic carbocycles. The summed E-state index contributed by atoms with van der Waals surface area (Å²) in [6, 6.07) is 16.5. The summed E-state index contributed by atoms with van der Waals surface area (Å²) < 4.78 is 16.2. The summed E-state index contributed by atoms with van der Waals surface area (Å²) >= 11 is 0. The van der Waals surface area contributed by atoms with Crippen LogP contribution in [0.25, 0.3) is 0 Å². The van der Waals surface area contributed by atoms with Crippen molar-refractivity contribution in [3.63, 3.8) is 0 Å². The highest BCUT2D eigenvalue weighted by Gasteiger charge is 2.12. The van der Waals surface area contributed by atoms with Gasteiger partial charge in [0, 0.05) is 36.5 Å². The first kappa shape index (κ1) is 30.4. The first-order chi connectivity index (χ1) is 19.7. The highest BCUT2D eigenvalue weighted by molar-refractivity contribution is 5.72. The molecule has 0 radical (unpaired) electrons. The van der Waals surface area contributed by atoms with Crippen molar-refractivity contribution in [2.75, 3.05) is 38.8 Å². The van der Waals surface area contributed by atoms with Crippen LogP contribution in [0, 0.1) is 10.1 Å². The molecule has 3 aromatic rings. The Kier molecular flexibility index (Phi) is 11.0. The Morgan fingerprint density at radius 1 is 0.902 bits per heavy atom. The lowest BCUT2D eigenvalue weighted by atomic mass is 10.2. The third-order valence-electron chi connectivity index (χ3n) is 5.75. The minimum atomic E-state index is -0.482. The van der Waals surface area contributed by atoms with Gasteiger partial charge in [0.2, 0.25) is 0 Å². The van der Waals surface area contributed by atoms with E-state index in [1.807, 2.05) is 31.2 Å². The molecule has 0 aliphatic heterocycles. The number of hydrogen-bond acceptors (Lipinski definition) is 11. The first-order valence-corrected chi connectivity index (χ1v) is 12.7. The fraction of sp³-hybridized carbons (Fsp3) is 0.276. The van der Waals surface area contributed by atoms with Crippen molar-refractivity contribution in [2.24, 2.45) is 20.5 Å². The molecule has 0 aromatic heterocycles. The lowest BCUT2D eigenvalue weighted by molar-refractivity contribution is -0.384. The van der Waals surface area contributed by atoms with Crippen molar-refractivity contribution >= 4 is 40.1 Å². The van der Waals surface area contributed by atoms with Gasteiger partial charge >= 0.3 is 5.97 Å². The van der Waals surface area contributed by atoms with Crippen LogP contribution >= 0.6 is 0 Å². The molecular formula is C29H32N6O6. The van der Waals surface area contributed by atoms with E-state index in [1.165, 1.54) is 38.5 Å². The van der Waals surface area contributed by atoms with Gasteiger partial charge in [0.1, 0.15) is 29.5 Å². The molecule has 12 nitrogen and oxygen atoms in total. The Morgan fingerprint density at radius 2 is 1.41 bits per heavy atom. The van der Waals surface area contributed by atoms with E-state index < -0.39 is 4.92 Å². The molecule has 0 N–H and O–H groups in total. The summed E-state index contributed by atoms with van der Waals surface area (Å²) in [5, 5.41) is 27.8. The van der Waals surface area contributed by atoms with E-state index >= 15 is 0 Å². The lowest BCUT2D eigenvalue weighted by Crippen LogP contribution is -2.27. The molecule has 0 unspecified atom stereocenters. The predicted molar refractivity (Wildman–Crippen MR) is 156 cm³/mol. The van der Waals surface area contributed by atoms with Crippen LogP contribution in [0.1, 0.15) is 20.3 Å². The number of ether oxygens (including phenoxy) is 3. The highest BCUT2D eigenvalue weighted by atomic mass is 16.6. The number of nitro benzene ring substituents is 1. The van der Waals surface area contributed by atoms with E-state index in [2.05, 4.69) is 31.9 Å². The van der Waals surface area contributed by atoms with E-state index in [9.17, 15) is 14.9 Å². The molecule has 214 valence electrons. The molecule has 0 fully saturated rings. The number of benzene rings is 3. The topological polar surface area (TPSA) is 141 Å². The summed E-state index contributed by atoms with van der Waals surface area (Å²) in [6.45, 7) is 9.13. The van der Waals surface area contributed by atoms with Gasteiger partial charge in [-0.1, -0.05) is 12.2 Å². The van der Waals surface area contributed by atoms with Gasteiger partial charge in [-0.15, -0.1) is 10.2 Å². The molecular weight excluding hydrogens is 528 g/mol. The second-order valence-electron chi connectivity index (χ2n) is 8.82. The molecule has 0 amide bonds. The SMILES string of the molecule is C=C(C)CC(=O)OCCN(CC)c1ccc(N=Nc2cc(OC)c(N=Nc3ccc([N+](=O)[O-])cc3)cc2OC)cc1. The van der Waals surface area contributed by atoms with Gasteiger partial charge in [0.25, 0.3) is 5.69 Å². The monoisotopic (exact) mass is 560 g/mol. The molecule has 3 rings (SSSR count). The Labute approximate surface area is 238 Å². The summed E-state index contributed by atoms with van der Waals surface area (Å²) in [5.41, 5.74) is 3.57. The smallest absolute Gasteiger partial charge is 0.309 e. The number of carbonyl (C=O) groups is 1. The third-order valence-corrected chi connectivity index (χ3v) is 5.75. The van der Waals surface area contributed by atoms with Crippen LogP contribution in [0.15, 0.2) is 93.3 Å². The molecule has 0 bridgehead atoms. The van der Waals surface area contributed by atoms with Crippen LogP contribution in [-0.4, -0.2) is 44.8 Å². The van der Waals surface area contributed by atoms with Gasteiger partial charge < -0.3 is 19.1 Å². The van der Waals surface area contributed by atoms with Gasteiger partial charge in [-0.25, -0.2) is 0 Å². The quantitative estimate of drug-likeness (QED) is 0.0644. The zero-order valence-corrected chi connectivity index (χ0v) is 23.4. The number of non-ortho nitro benzene ring substituents is 1. The number of carbonyl (C=O) groups excluding carboxylic acids is 1. The molecule has 41 heavy (non-hydrogen) atoms. The minimum absolute atomic E-state index is 0.0347. The van der Waals surface area contributed by atoms with Crippen molar-refractivity contribution in [1.82, 2.24) is 0 Å². The summed E-state index contributed by atoms with van der Waals surface area (Å²) in [5.74, 6) is 0.516. The zero-order valence-electron chi connectivity index (χ0n) is 23.4. The van der Waals surface area contributed by atoms with Gasteiger partial charge in [0.05, 0.1) is 43.5 Å².